The van der Waals surface area contributed by atoms with Gasteiger partial charge in [-0.05, 0) is 57.0 Å². The molecule has 2 aromatic carbocycles. The van der Waals surface area contributed by atoms with Crippen LogP contribution in [0, 0.1) is 0 Å². The van der Waals surface area contributed by atoms with Gasteiger partial charge in [-0.25, -0.2) is 4.79 Å². The normalized spacial score (nSPS) is 13.2. The lowest BCUT2D eigenvalue weighted by molar-refractivity contribution is -0.133. The first-order valence-corrected chi connectivity index (χ1v) is 10.7. The third kappa shape index (κ3) is 5.98. The van der Waals surface area contributed by atoms with E-state index in [0.29, 0.717) is 12.0 Å². The number of aromatic amines is 1. The van der Waals surface area contributed by atoms with E-state index in [0.717, 1.165) is 21.4 Å². The molecule has 174 valence electrons. The molecule has 0 aliphatic carbocycles. The molecule has 0 saturated heterocycles. The van der Waals surface area contributed by atoms with Gasteiger partial charge in [0.25, 0.3) is 6.47 Å². The van der Waals surface area contributed by atoms with E-state index in [1.807, 2.05) is 42.5 Å². The number of imide groups is 1. The van der Waals surface area contributed by atoms with Crippen LogP contribution < -0.4 is 10.6 Å². The smallest absolute Gasteiger partial charge is 0.422 e. The van der Waals surface area contributed by atoms with Crippen LogP contribution in [-0.2, 0) is 19.1 Å². The highest BCUT2D eigenvalue weighted by Gasteiger charge is 2.31. The SMILES string of the molecule is C[C@H](OC=O)c1ccc2[nH]c(N(C(=O)C[C@H](N)c3ccccc3)C(=O)OC(C)(C)C)cc2c1. The first-order chi connectivity index (χ1) is 15.6. The number of nitrogens with zero attached hydrogens (tertiary/aromatic N) is 1. The lowest BCUT2D eigenvalue weighted by Gasteiger charge is -2.26. The van der Waals surface area contributed by atoms with Crippen molar-refractivity contribution in [2.45, 2.75) is 51.9 Å². The van der Waals surface area contributed by atoms with E-state index in [9.17, 15) is 14.4 Å². The zero-order valence-electron chi connectivity index (χ0n) is 19.2. The summed E-state index contributed by atoms with van der Waals surface area (Å²) in [5.74, 6) is -0.226. The van der Waals surface area contributed by atoms with Crippen molar-refractivity contribution in [1.29, 1.82) is 0 Å². The van der Waals surface area contributed by atoms with Crippen molar-refractivity contribution in [3.63, 3.8) is 0 Å². The highest BCUT2D eigenvalue weighted by molar-refractivity contribution is 6.13. The number of hydrogen-bond donors (Lipinski definition) is 2. The molecule has 8 nitrogen and oxygen atoms in total. The van der Waals surface area contributed by atoms with E-state index in [1.165, 1.54) is 0 Å². The van der Waals surface area contributed by atoms with Gasteiger partial charge in [-0.1, -0.05) is 36.4 Å². The first kappa shape index (κ1) is 24.0. The molecule has 33 heavy (non-hydrogen) atoms. The molecule has 3 N–H and O–H groups in total. The Labute approximate surface area is 192 Å². The Morgan fingerprint density at radius 1 is 1.09 bits per heavy atom. The molecule has 0 aliphatic rings. The number of fused-ring (bicyclic) bond motifs is 1. The largest absolute Gasteiger partial charge is 0.460 e. The lowest BCUT2D eigenvalue weighted by atomic mass is 10.0. The molecule has 3 rings (SSSR count). The second kappa shape index (κ2) is 9.87. The number of hydrogen-bond acceptors (Lipinski definition) is 6. The molecule has 0 bridgehead atoms. The van der Waals surface area contributed by atoms with Gasteiger partial charge in [0, 0.05) is 23.4 Å². The van der Waals surface area contributed by atoms with Crippen LogP contribution in [0.5, 0.6) is 0 Å². The first-order valence-electron chi connectivity index (χ1n) is 10.7. The van der Waals surface area contributed by atoms with Crippen molar-refractivity contribution in [3.8, 4) is 0 Å². The van der Waals surface area contributed by atoms with E-state index < -0.39 is 29.7 Å². The fraction of sp³-hybridized carbons (Fsp3) is 0.320. The van der Waals surface area contributed by atoms with Gasteiger partial charge in [0.05, 0.1) is 0 Å². The van der Waals surface area contributed by atoms with Crippen molar-refractivity contribution in [2.75, 3.05) is 4.90 Å². The molecule has 8 heteroatoms. The van der Waals surface area contributed by atoms with Crippen molar-refractivity contribution in [1.82, 2.24) is 4.98 Å². The topological polar surface area (TPSA) is 115 Å². The standard InChI is InChI=1S/C25H29N3O5/c1-16(32-15-29)18-10-11-21-19(12-18)13-22(27-21)28(24(31)33-25(2,3)4)23(30)14-20(26)17-8-6-5-7-9-17/h5-13,15-16,20,27H,14,26H2,1-4H3/t16-,20-/m0/s1. The Morgan fingerprint density at radius 2 is 1.79 bits per heavy atom. The Kier molecular flexibility index (Phi) is 7.18. The van der Waals surface area contributed by atoms with E-state index in [-0.39, 0.29) is 12.2 Å². The van der Waals surface area contributed by atoms with Crippen LogP contribution in [0.1, 0.15) is 57.4 Å². The average Bonchev–Trinajstić information content (AvgIpc) is 3.15. The highest BCUT2D eigenvalue weighted by atomic mass is 16.6. The molecule has 1 heterocycles. The summed E-state index contributed by atoms with van der Waals surface area (Å²) in [7, 11) is 0. The van der Waals surface area contributed by atoms with E-state index in [2.05, 4.69) is 4.98 Å². The number of anilines is 1. The molecule has 3 aromatic rings. The Morgan fingerprint density at radius 3 is 2.42 bits per heavy atom. The summed E-state index contributed by atoms with van der Waals surface area (Å²) in [4.78, 5) is 41.0. The van der Waals surface area contributed by atoms with Crippen molar-refractivity contribution in [3.05, 3.63) is 65.7 Å². The second-order valence-electron chi connectivity index (χ2n) is 8.81. The number of amides is 2. The summed E-state index contributed by atoms with van der Waals surface area (Å²) in [5, 5.41) is 0.748. The third-order valence-electron chi connectivity index (χ3n) is 5.05. The summed E-state index contributed by atoms with van der Waals surface area (Å²) in [5.41, 5.74) is 7.73. The number of H-pyrrole nitrogens is 1. The summed E-state index contributed by atoms with van der Waals surface area (Å²) < 4.78 is 10.5. The Balaban J connectivity index is 1.94. The van der Waals surface area contributed by atoms with Crippen LogP contribution in [-0.4, -0.2) is 29.1 Å². The van der Waals surface area contributed by atoms with Gasteiger partial charge in [-0.3, -0.25) is 9.59 Å². The molecule has 0 aliphatic heterocycles. The van der Waals surface area contributed by atoms with Gasteiger partial charge < -0.3 is 20.2 Å². The minimum absolute atomic E-state index is 0.0892. The summed E-state index contributed by atoms with van der Waals surface area (Å²) in [6.45, 7) is 7.35. The number of aromatic nitrogens is 1. The molecule has 0 fully saturated rings. The maximum absolute atomic E-state index is 13.3. The van der Waals surface area contributed by atoms with Crippen molar-refractivity contribution >= 4 is 35.2 Å². The molecule has 0 spiro atoms. The van der Waals surface area contributed by atoms with Gasteiger partial charge in [-0.2, -0.15) is 4.90 Å². The summed E-state index contributed by atoms with van der Waals surface area (Å²) in [6, 6.07) is 15.8. The van der Waals surface area contributed by atoms with Crippen molar-refractivity contribution < 1.29 is 23.9 Å². The van der Waals surface area contributed by atoms with E-state index in [1.54, 1.807) is 39.8 Å². The number of rotatable bonds is 7. The molecule has 0 radical (unpaired) electrons. The summed E-state index contributed by atoms with van der Waals surface area (Å²) in [6.07, 6.45) is -1.32. The number of nitrogens with one attached hydrogen (secondary N) is 1. The molecule has 0 unspecified atom stereocenters. The number of nitrogens with two attached hydrogens (primary N) is 1. The fourth-order valence-electron chi connectivity index (χ4n) is 3.41. The lowest BCUT2D eigenvalue weighted by Crippen LogP contribution is -2.42. The quantitative estimate of drug-likeness (QED) is 0.501. The van der Waals surface area contributed by atoms with Crippen LogP contribution in [0.3, 0.4) is 0 Å². The molecular weight excluding hydrogens is 422 g/mol. The predicted octanol–water partition coefficient (Wildman–Crippen LogP) is 4.76. The van der Waals surface area contributed by atoms with E-state index in [4.69, 9.17) is 15.2 Å². The van der Waals surface area contributed by atoms with Gasteiger partial charge in [0.15, 0.2) is 0 Å². The van der Waals surface area contributed by atoms with Gasteiger partial charge in [0.1, 0.15) is 17.5 Å². The average molecular weight is 452 g/mol. The van der Waals surface area contributed by atoms with Crippen LogP contribution >= 0.6 is 0 Å². The molecule has 2 atom stereocenters. The van der Waals surface area contributed by atoms with Crippen LogP contribution in [0.2, 0.25) is 0 Å². The molecule has 1 aromatic heterocycles. The third-order valence-corrected chi connectivity index (χ3v) is 5.05. The maximum atomic E-state index is 13.3. The van der Waals surface area contributed by atoms with Gasteiger partial charge in [0.2, 0.25) is 5.91 Å². The monoisotopic (exact) mass is 451 g/mol. The number of ether oxygens (including phenoxy) is 2. The Bertz CT molecular complexity index is 1130. The minimum atomic E-state index is -0.794. The van der Waals surface area contributed by atoms with Crippen LogP contribution in [0.25, 0.3) is 10.9 Å². The maximum Gasteiger partial charge on any atom is 0.422 e. The van der Waals surface area contributed by atoms with Gasteiger partial charge >= 0.3 is 6.09 Å². The van der Waals surface area contributed by atoms with Crippen LogP contribution in [0.4, 0.5) is 10.6 Å². The summed E-state index contributed by atoms with van der Waals surface area (Å²) >= 11 is 0. The highest BCUT2D eigenvalue weighted by Crippen LogP contribution is 2.28. The molecule has 0 saturated carbocycles. The molecule has 2 amide bonds. The van der Waals surface area contributed by atoms with Crippen LogP contribution in [0.15, 0.2) is 54.6 Å². The minimum Gasteiger partial charge on any atom is -0.460 e. The zero-order valence-corrected chi connectivity index (χ0v) is 19.2. The number of carbonyl (C=O) groups excluding carboxylic acids is 3. The molecular formula is C25H29N3O5. The predicted molar refractivity (Wildman–Crippen MR) is 126 cm³/mol. The van der Waals surface area contributed by atoms with Crippen molar-refractivity contribution in [2.24, 2.45) is 5.73 Å². The second-order valence-corrected chi connectivity index (χ2v) is 8.81. The van der Waals surface area contributed by atoms with E-state index >= 15 is 0 Å². The Hall–Kier alpha value is -3.65. The number of carbonyl (C=O) groups is 3. The number of benzene rings is 2. The van der Waals surface area contributed by atoms with Gasteiger partial charge in [-0.15, -0.1) is 0 Å². The zero-order chi connectivity index (χ0) is 24.2. The fourth-order valence-corrected chi connectivity index (χ4v) is 3.41.